The largest absolute Gasteiger partial charge is 0.335 e. The van der Waals surface area contributed by atoms with Crippen LogP contribution < -0.4 is 0 Å². The molecule has 0 radical (unpaired) electrons. The van der Waals surface area contributed by atoms with Crippen LogP contribution >= 0.6 is 0 Å². The van der Waals surface area contributed by atoms with Crippen molar-refractivity contribution in [2.45, 2.75) is 32.7 Å². The van der Waals surface area contributed by atoms with Gasteiger partial charge in [0, 0.05) is 37.8 Å². The van der Waals surface area contributed by atoms with Crippen molar-refractivity contribution in [3.63, 3.8) is 0 Å². The quantitative estimate of drug-likeness (QED) is 0.528. The number of fused-ring (bicyclic) bond motifs is 2. The number of benzene rings is 1. The van der Waals surface area contributed by atoms with Crippen LogP contribution in [-0.4, -0.2) is 48.0 Å². The first-order chi connectivity index (χ1) is 14.7. The minimum atomic E-state index is -0.0341. The van der Waals surface area contributed by atoms with Crippen LogP contribution in [0.2, 0.25) is 0 Å². The third-order valence-electron chi connectivity index (χ3n) is 5.66. The predicted octanol–water partition coefficient (Wildman–Crippen LogP) is 2.72. The zero-order chi connectivity index (χ0) is 20.5. The average molecular weight is 400 g/mol. The summed E-state index contributed by atoms with van der Waals surface area (Å²) in [6.07, 6.45) is 4.29. The number of pyridine rings is 1. The smallest absolute Gasteiger partial charge is 0.274 e. The highest BCUT2D eigenvalue weighted by Gasteiger charge is 2.23. The van der Waals surface area contributed by atoms with Gasteiger partial charge in [0.2, 0.25) is 0 Å². The lowest BCUT2D eigenvalue weighted by molar-refractivity contribution is 0.0753. The van der Waals surface area contributed by atoms with Crippen molar-refractivity contribution < 1.29 is 4.79 Å². The molecule has 5 rings (SSSR count). The second kappa shape index (κ2) is 7.74. The van der Waals surface area contributed by atoms with Crippen molar-refractivity contribution in [2.75, 3.05) is 13.1 Å². The Kier molecular flexibility index (Phi) is 4.78. The Labute approximate surface area is 175 Å². The summed E-state index contributed by atoms with van der Waals surface area (Å²) in [7, 11) is 0. The summed E-state index contributed by atoms with van der Waals surface area (Å²) in [4.78, 5) is 24.1. The highest BCUT2D eigenvalue weighted by Crippen LogP contribution is 2.14. The summed E-state index contributed by atoms with van der Waals surface area (Å²) in [5.41, 5.74) is 3.63. The molecule has 152 valence electrons. The summed E-state index contributed by atoms with van der Waals surface area (Å²) in [5.74, 6) is 1.80. The third-order valence-corrected chi connectivity index (χ3v) is 5.66. The van der Waals surface area contributed by atoms with Crippen LogP contribution in [0, 0.1) is 6.92 Å². The minimum absolute atomic E-state index is 0.0341. The second-order valence-electron chi connectivity index (χ2n) is 7.72. The zero-order valence-electron chi connectivity index (χ0n) is 17.0. The molecule has 7 nitrogen and oxygen atoms in total. The number of imidazole rings is 1. The first kappa shape index (κ1) is 18.5. The second-order valence-corrected chi connectivity index (χ2v) is 7.72. The molecular formula is C23H24N6O. The van der Waals surface area contributed by atoms with Gasteiger partial charge in [-0.2, -0.15) is 5.10 Å². The summed E-state index contributed by atoms with van der Waals surface area (Å²) in [6.45, 7) is 3.91. The van der Waals surface area contributed by atoms with Crippen molar-refractivity contribution in [2.24, 2.45) is 0 Å². The Morgan fingerprint density at radius 3 is 2.67 bits per heavy atom. The molecule has 0 saturated carbocycles. The molecule has 1 aliphatic heterocycles. The number of hydrogen-bond donors (Lipinski definition) is 0. The average Bonchev–Trinajstić information content (AvgIpc) is 3.33. The highest BCUT2D eigenvalue weighted by molar-refractivity contribution is 5.93. The van der Waals surface area contributed by atoms with Crippen LogP contribution in [0.15, 0.2) is 54.7 Å². The molecule has 0 saturated heterocycles. The van der Waals surface area contributed by atoms with Crippen LogP contribution in [0.3, 0.4) is 0 Å². The van der Waals surface area contributed by atoms with E-state index in [4.69, 9.17) is 4.98 Å². The van der Waals surface area contributed by atoms with Crippen molar-refractivity contribution in [3.8, 4) is 0 Å². The maximum Gasteiger partial charge on any atom is 0.274 e. The molecule has 0 atom stereocenters. The zero-order valence-corrected chi connectivity index (χ0v) is 17.0. The van der Waals surface area contributed by atoms with Gasteiger partial charge < -0.3 is 9.30 Å². The molecule has 1 amide bonds. The topological polar surface area (TPSA) is 68.3 Å². The molecule has 1 aliphatic rings. The van der Waals surface area contributed by atoms with E-state index in [-0.39, 0.29) is 5.91 Å². The number of carbonyl (C=O) groups excluding carboxylic acids is 1. The van der Waals surface area contributed by atoms with E-state index in [0.717, 1.165) is 35.8 Å². The Morgan fingerprint density at radius 1 is 0.967 bits per heavy atom. The summed E-state index contributed by atoms with van der Waals surface area (Å²) < 4.78 is 3.91. The first-order valence-electron chi connectivity index (χ1n) is 10.4. The van der Waals surface area contributed by atoms with Crippen LogP contribution in [-0.2, 0) is 25.8 Å². The van der Waals surface area contributed by atoms with Gasteiger partial charge in [0.1, 0.15) is 17.2 Å². The van der Waals surface area contributed by atoms with Crippen LogP contribution in [0.4, 0.5) is 0 Å². The lowest BCUT2D eigenvalue weighted by Gasteiger charge is -2.18. The predicted molar refractivity (Wildman–Crippen MR) is 113 cm³/mol. The molecule has 4 heterocycles. The number of carbonyl (C=O) groups is 1. The lowest BCUT2D eigenvalue weighted by atomic mass is 10.1. The Bertz CT molecular complexity index is 1170. The first-order valence-corrected chi connectivity index (χ1v) is 10.4. The molecule has 0 aliphatic carbocycles. The normalized spacial score (nSPS) is 14.0. The van der Waals surface area contributed by atoms with E-state index in [1.807, 2.05) is 51.4 Å². The Morgan fingerprint density at radius 2 is 1.83 bits per heavy atom. The highest BCUT2D eigenvalue weighted by atomic mass is 16.2. The molecule has 0 unspecified atom stereocenters. The fourth-order valence-electron chi connectivity index (χ4n) is 3.98. The van der Waals surface area contributed by atoms with Crippen molar-refractivity contribution in [1.82, 2.24) is 29.0 Å². The van der Waals surface area contributed by atoms with Gasteiger partial charge in [-0.05, 0) is 31.0 Å². The van der Waals surface area contributed by atoms with Gasteiger partial charge in [0.15, 0.2) is 5.82 Å². The number of aromatic nitrogens is 5. The molecule has 0 spiro atoms. The van der Waals surface area contributed by atoms with E-state index in [2.05, 4.69) is 34.3 Å². The maximum atomic E-state index is 13.0. The van der Waals surface area contributed by atoms with Crippen molar-refractivity contribution >= 4 is 11.6 Å². The molecule has 0 fully saturated rings. The van der Waals surface area contributed by atoms with E-state index in [1.165, 1.54) is 5.56 Å². The van der Waals surface area contributed by atoms with Gasteiger partial charge in [-0.1, -0.05) is 36.4 Å². The standard InChI is InChI=1S/C23H24N6O/c1-17-6-5-9-21-24-19(16-28(17)21)23(30)27-13-12-22-25-20(26-29(22)15-14-27)11-10-18-7-3-2-4-8-18/h2-9,16H,10-15H2,1H3. The van der Waals surface area contributed by atoms with E-state index < -0.39 is 0 Å². The molecule has 1 aromatic carbocycles. The van der Waals surface area contributed by atoms with Crippen molar-refractivity contribution in [3.05, 3.63) is 83.3 Å². The lowest BCUT2D eigenvalue weighted by Crippen LogP contribution is -2.34. The van der Waals surface area contributed by atoms with E-state index >= 15 is 0 Å². The third kappa shape index (κ3) is 3.58. The van der Waals surface area contributed by atoms with E-state index in [1.54, 1.807) is 0 Å². The number of aryl methyl sites for hydroxylation is 3. The molecular weight excluding hydrogens is 376 g/mol. The van der Waals surface area contributed by atoms with Gasteiger partial charge in [-0.15, -0.1) is 0 Å². The minimum Gasteiger partial charge on any atom is -0.335 e. The van der Waals surface area contributed by atoms with Gasteiger partial charge in [0.25, 0.3) is 5.91 Å². The molecule has 4 aromatic rings. The van der Waals surface area contributed by atoms with Crippen LogP contribution in [0.25, 0.3) is 5.65 Å². The fraction of sp³-hybridized carbons (Fsp3) is 0.304. The van der Waals surface area contributed by atoms with Gasteiger partial charge in [-0.3, -0.25) is 4.79 Å². The van der Waals surface area contributed by atoms with Gasteiger partial charge in [0.05, 0.1) is 6.54 Å². The SMILES string of the molecule is Cc1cccc2nc(C(=O)N3CCc4nc(CCc5ccccc5)nn4CC3)cn12. The fourth-order valence-corrected chi connectivity index (χ4v) is 3.98. The number of amides is 1. The molecule has 0 bridgehead atoms. The van der Waals surface area contributed by atoms with E-state index in [9.17, 15) is 4.79 Å². The molecule has 0 N–H and O–H groups in total. The molecule has 3 aromatic heterocycles. The van der Waals surface area contributed by atoms with Crippen LogP contribution in [0.1, 0.15) is 33.4 Å². The number of nitrogens with zero attached hydrogens (tertiary/aromatic N) is 6. The summed E-state index contributed by atoms with van der Waals surface area (Å²) in [5, 5.41) is 4.69. The monoisotopic (exact) mass is 400 g/mol. The summed E-state index contributed by atoms with van der Waals surface area (Å²) >= 11 is 0. The Hall–Kier alpha value is -3.48. The number of rotatable bonds is 4. The number of hydrogen-bond acceptors (Lipinski definition) is 4. The summed E-state index contributed by atoms with van der Waals surface area (Å²) in [6, 6.07) is 16.3. The maximum absolute atomic E-state index is 13.0. The van der Waals surface area contributed by atoms with Crippen molar-refractivity contribution in [1.29, 1.82) is 0 Å². The molecule has 30 heavy (non-hydrogen) atoms. The van der Waals surface area contributed by atoms with Gasteiger partial charge in [-0.25, -0.2) is 14.6 Å². The van der Waals surface area contributed by atoms with E-state index in [0.29, 0.717) is 31.7 Å². The molecule has 7 heteroatoms. The van der Waals surface area contributed by atoms with Gasteiger partial charge >= 0.3 is 0 Å². The Balaban J connectivity index is 1.26. The van der Waals surface area contributed by atoms with Crippen LogP contribution in [0.5, 0.6) is 0 Å².